The third-order valence-electron chi connectivity index (χ3n) is 3.61. The number of carbonyl (C=O) groups is 2. The van der Waals surface area contributed by atoms with E-state index in [-0.39, 0.29) is 24.3 Å². The fourth-order valence-corrected chi connectivity index (χ4v) is 2.40. The van der Waals surface area contributed by atoms with Crippen molar-refractivity contribution in [2.24, 2.45) is 5.92 Å². The lowest BCUT2D eigenvalue weighted by atomic mass is 10.00. The molecule has 108 valence electrons. The Morgan fingerprint density at radius 2 is 2.10 bits per heavy atom. The summed E-state index contributed by atoms with van der Waals surface area (Å²) in [6.45, 7) is 2.39. The van der Waals surface area contributed by atoms with Crippen molar-refractivity contribution in [1.82, 2.24) is 5.32 Å². The van der Waals surface area contributed by atoms with Crippen LogP contribution in [0, 0.1) is 5.92 Å². The highest BCUT2D eigenvalue weighted by atomic mass is 16.5. The number of aliphatic carboxylic acids is 1. The highest BCUT2D eigenvalue weighted by molar-refractivity contribution is 5.85. The molecule has 0 spiro atoms. The molecule has 2 N–H and O–H groups in total. The van der Waals surface area contributed by atoms with Crippen LogP contribution in [0.4, 0.5) is 0 Å². The second kappa shape index (κ2) is 6.52. The molecule has 0 saturated carbocycles. The largest absolute Gasteiger partial charge is 0.480 e. The molecule has 5 heteroatoms. The Hall–Kier alpha value is -1.88. The monoisotopic (exact) mass is 277 g/mol. The smallest absolute Gasteiger partial charge is 0.326 e. The van der Waals surface area contributed by atoms with Crippen LogP contribution in [0.5, 0.6) is 0 Å². The molecule has 1 fully saturated rings. The van der Waals surface area contributed by atoms with Gasteiger partial charge < -0.3 is 15.2 Å². The van der Waals surface area contributed by atoms with Crippen molar-refractivity contribution in [1.29, 1.82) is 0 Å². The van der Waals surface area contributed by atoms with Gasteiger partial charge in [-0.2, -0.15) is 0 Å². The van der Waals surface area contributed by atoms with Crippen molar-refractivity contribution in [2.75, 3.05) is 6.61 Å². The molecule has 1 heterocycles. The topological polar surface area (TPSA) is 75.6 Å². The van der Waals surface area contributed by atoms with Crippen LogP contribution in [-0.2, 0) is 20.7 Å². The lowest BCUT2D eigenvalue weighted by Gasteiger charge is -2.19. The van der Waals surface area contributed by atoms with E-state index in [1.54, 1.807) is 0 Å². The van der Waals surface area contributed by atoms with E-state index in [4.69, 9.17) is 4.74 Å². The summed E-state index contributed by atoms with van der Waals surface area (Å²) in [5.74, 6) is -1.51. The summed E-state index contributed by atoms with van der Waals surface area (Å²) in [6, 6.07) is 8.37. The molecule has 1 aliphatic rings. The first kappa shape index (κ1) is 14.5. The van der Waals surface area contributed by atoms with Crippen LogP contribution in [0.1, 0.15) is 18.9 Å². The average Bonchev–Trinajstić information content (AvgIpc) is 2.85. The number of carbonyl (C=O) groups excluding carboxylic acids is 1. The number of hydrogen-bond donors (Lipinski definition) is 2. The predicted octanol–water partition coefficient (Wildman–Crippen LogP) is 1.22. The van der Waals surface area contributed by atoms with Gasteiger partial charge in [-0.3, -0.25) is 4.79 Å². The molecule has 1 aromatic carbocycles. The van der Waals surface area contributed by atoms with Crippen LogP contribution in [0.15, 0.2) is 30.3 Å². The molecular weight excluding hydrogens is 258 g/mol. The zero-order valence-electron chi connectivity index (χ0n) is 11.4. The molecule has 0 aliphatic carbocycles. The minimum Gasteiger partial charge on any atom is -0.480 e. The fourth-order valence-electron chi connectivity index (χ4n) is 2.40. The summed E-state index contributed by atoms with van der Waals surface area (Å²) >= 11 is 0. The molecule has 3 atom stereocenters. The normalized spacial score (nSPS) is 23.2. The van der Waals surface area contributed by atoms with Gasteiger partial charge in [-0.15, -0.1) is 0 Å². The number of nitrogens with one attached hydrogen (secondary N) is 1. The molecular formula is C15H19NO4. The van der Waals surface area contributed by atoms with E-state index < -0.39 is 12.0 Å². The van der Waals surface area contributed by atoms with Crippen LogP contribution in [0.2, 0.25) is 0 Å². The summed E-state index contributed by atoms with van der Waals surface area (Å²) in [5, 5.41) is 11.9. The number of amides is 1. The number of benzene rings is 1. The number of ether oxygens (including phenoxy) is 1. The van der Waals surface area contributed by atoms with Crippen molar-refractivity contribution >= 4 is 11.9 Å². The van der Waals surface area contributed by atoms with Gasteiger partial charge >= 0.3 is 5.97 Å². The summed E-state index contributed by atoms with van der Waals surface area (Å²) in [6.07, 6.45) is 0.773. The second-order valence-electron chi connectivity index (χ2n) is 5.06. The Morgan fingerprint density at radius 3 is 2.65 bits per heavy atom. The van der Waals surface area contributed by atoms with Gasteiger partial charge in [0.05, 0.1) is 12.0 Å². The average molecular weight is 277 g/mol. The van der Waals surface area contributed by atoms with E-state index >= 15 is 0 Å². The first-order valence-corrected chi connectivity index (χ1v) is 6.76. The molecule has 0 radical (unpaired) electrons. The maximum absolute atomic E-state index is 12.1. The molecule has 2 rings (SSSR count). The second-order valence-corrected chi connectivity index (χ2v) is 5.06. The van der Waals surface area contributed by atoms with Crippen LogP contribution in [0.25, 0.3) is 0 Å². The zero-order valence-corrected chi connectivity index (χ0v) is 11.4. The predicted molar refractivity (Wildman–Crippen MR) is 73.2 cm³/mol. The summed E-state index contributed by atoms with van der Waals surface area (Å²) in [5.41, 5.74) is 0.885. The van der Waals surface area contributed by atoms with Crippen LogP contribution in [0.3, 0.4) is 0 Å². The molecule has 5 nitrogen and oxygen atoms in total. The van der Waals surface area contributed by atoms with Crippen molar-refractivity contribution in [2.45, 2.75) is 31.9 Å². The van der Waals surface area contributed by atoms with Gasteiger partial charge in [0.15, 0.2) is 0 Å². The van der Waals surface area contributed by atoms with Gasteiger partial charge in [0.25, 0.3) is 0 Å². The van der Waals surface area contributed by atoms with Gasteiger partial charge in [0.2, 0.25) is 5.91 Å². The van der Waals surface area contributed by atoms with Gasteiger partial charge in [-0.1, -0.05) is 30.3 Å². The number of carboxylic acid groups (broad SMARTS) is 1. The van der Waals surface area contributed by atoms with Crippen molar-refractivity contribution in [3.8, 4) is 0 Å². The van der Waals surface area contributed by atoms with E-state index in [9.17, 15) is 14.7 Å². The maximum atomic E-state index is 12.1. The SMILES string of the molecule is CC1OCCC1C(=O)NC(Cc1ccccc1)C(=O)O. The first-order valence-electron chi connectivity index (χ1n) is 6.76. The van der Waals surface area contributed by atoms with Crippen molar-refractivity contribution in [3.05, 3.63) is 35.9 Å². The Balaban J connectivity index is 1.99. The van der Waals surface area contributed by atoms with E-state index in [0.717, 1.165) is 5.56 Å². The zero-order chi connectivity index (χ0) is 14.5. The molecule has 20 heavy (non-hydrogen) atoms. The maximum Gasteiger partial charge on any atom is 0.326 e. The molecule has 1 aromatic rings. The molecule has 1 amide bonds. The van der Waals surface area contributed by atoms with Gasteiger partial charge in [0, 0.05) is 13.0 Å². The number of hydrogen-bond acceptors (Lipinski definition) is 3. The quantitative estimate of drug-likeness (QED) is 0.848. The Kier molecular flexibility index (Phi) is 4.74. The van der Waals surface area contributed by atoms with E-state index in [1.807, 2.05) is 37.3 Å². The standard InChI is InChI=1S/C15H19NO4/c1-10-12(7-8-20-10)14(17)16-13(15(18)19)9-11-5-3-2-4-6-11/h2-6,10,12-13H,7-9H2,1H3,(H,16,17)(H,18,19). The number of rotatable bonds is 5. The van der Waals surface area contributed by atoms with E-state index in [2.05, 4.69) is 5.32 Å². The first-order chi connectivity index (χ1) is 9.58. The molecule has 0 bridgehead atoms. The molecule has 3 unspecified atom stereocenters. The van der Waals surface area contributed by atoms with Crippen LogP contribution < -0.4 is 5.32 Å². The minimum absolute atomic E-state index is 0.152. The molecule has 1 saturated heterocycles. The third-order valence-corrected chi connectivity index (χ3v) is 3.61. The van der Waals surface area contributed by atoms with Crippen molar-refractivity contribution < 1.29 is 19.4 Å². The Morgan fingerprint density at radius 1 is 1.40 bits per heavy atom. The van der Waals surface area contributed by atoms with Gasteiger partial charge in [-0.05, 0) is 18.9 Å². The van der Waals surface area contributed by atoms with Crippen LogP contribution in [-0.4, -0.2) is 35.7 Å². The lowest BCUT2D eigenvalue weighted by molar-refractivity contribution is -0.142. The summed E-state index contributed by atoms with van der Waals surface area (Å²) in [7, 11) is 0. The number of carboxylic acids is 1. The van der Waals surface area contributed by atoms with Gasteiger partial charge in [-0.25, -0.2) is 4.79 Å². The van der Waals surface area contributed by atoms with E-state index in [0.29, 0.717) is 13.0 Å². The van der Waals surface area contributed by atoms with Gasteiger partial charge in [0.1, 0.15) is 6.04 Å². The summed E-state index contributed by atoms with van der Waals surface area (Å²) in [4.78, 5) is 23.4. The Labute approximate surface area is 117 Å². The summed E-state index contributed by atoms with van der Waals surface area (Å²) < 4.78 is 5.34. The van der Waals surface area contributed by atoms with E-state index in [1.165, 1.54) is 0 Å². The lowest BCUT2D eigenvalue weighted by Crippen LogP contribution is -2.46. The Bertz CT molecular complexity index is 474. The highest BCUT2D eigenvalue weighted by Crippen LogP contribution is 2.20. The minimum atomic E-state index is -1.02. The fraction of sp³-hybridized carbons (Fsp3) is 0.467. The van der Waals surface area contributed by atoms with Crippen LogP contribution >= 0.6 is 0 Å². The molecule has 1 aliphatic heterocycles. The highest BCUT2D eigenvalue weighted by Gasteiger charge is 2.33. The molecule has 0 aromatic heterocycles. The van der Waals surface area contributed by atoms with Crippen molar-refractivity contribution in [3.63, 3.8) is 0 Å². The third kappa shape index (κ3) is 3.57.